The third-order valence-electron chi connectivity index (χ3n) is 5.30. The zero-order chi connectivity index (χ0) is 18.3. The van der Waals surface area contributed by atoms with Crippen LogP contribution in [0.4, 0.5) is 0 Å². The number of likely N-dealkylation sites (N-methyl/N-ethyl adjacent to an activating group) is 1. The number of rotatable bonds is 4. The molecule has 0 aliphatic carbocycles. The number of fused-ring (bicyclic) bond motifs is 3. The van der Waals surface area contributed by atoms with Gasteiger partial charge in [-0.2, -0.15) is 0 Å². The van der Waals surface area contributed by atoms with E-state index in [1.54, 1.807) is 6.20 Å². The minimum atomic E-state index is -0.961. The maximum atomic E-state index is 11.4. The maximum absolute atomic E-state index is 11.4. The number of hydrogen-bond donors (Lipinski definition) is 1. The Bertz CT molecular complexity index is 990. The third kappa shape index (κ3) is 2.88. The van der Waals surface area contributed by atoms with Crippen molar-refractivity contribution in [2.75, 3.05) is 13.6 Å². The van der Waals surface area contributed by atoms with E-state index in [-0.39, 0.29) is 5.69 Å². The Hall–Kier alpha value is -2.66. The van der Waals surface area contributed by atoms with Gasteiger partial charge in [0.15, 0.2) is 5.69 Å². The highest BCUT2D eigenvalue weighted by atomic mass is 16.4. The van der Waals surface area contributed by atoms with Gasteiger partial charge in [0.25, 0.3) is 0 Å². The first-order chi connectivity index (χ1) is 12.5. The lowest BCUT2D eigenvalue weighted by molar-refractivity contribution is 0.0689. The minimum absolute atomic E-state index is 0.161. The molecule has 26 heavy (non-hydrogen) atoms. The molecule has 0 amide bonds. The second kappa shape index (κ2) is 6.57. The number of aromatic nitrogens is 2. The van der Waals surface area contributed by atoms with Crippen molar-refractivity contribution in [1.29, 1.82) is 0 Å². The molecule has 0 atom stereocenters. The molecule has 1 aliphatic rings. The SMILES string of the molecule is Cc1ccc2c(c1)c1c(n2CCc2cccnc2C(=O)O)CCN(C)C1. The lowest BCUT2D eigenvalue weighted by Crippen LogP contribution is -2.27. The van der Waals surface area contributed by atoms with Crippen molar-refractivity contribution in [2.45, 2.75) is 32.9 Å². The Balaban J connectivity index is 1.75. The number of benzene rings is 1. The van der Waals surface area contributed by atoms with E-state index < -0.39 is 5.97 Å². The number of pyridine rings is 1. The molecule has 0 spiro atoms. The lowest BCUT2D eigenvalue weighted by Gasteiger charge is -2.24. The summed E-state index contributed by atoms with van der Waals surface area (Å²) >= 11 is 0. The van der Waals surface area contributed by atoms with Crippen LogP contribution in [-0.4, -0.2) is 39.1 Å². The first-order valence-corrected chi connectivity index (χ1v) is 9.01. The van der Waals surface area contributed by atoms with Gasteiger partial charge in [-0.25, -0.2) is 9.78 Å². The fraction of sp³-hybridized carbons (Fsp3) is 0.333. The molecule has 5 heteroatoms. The molecule has 3 aromatic rings. The van der Waals surface area contributed by atoms with Crippen molar-refractivity contribution >= 4 is 16.9 Å². The average Bonchev–Trinajstić information content (AvgIpc) is 2.92. The van der Waals surface area contributed by atoms with Gasteiger partial charge in [0.2, 0.25) is 0 Å². The number of nitrogens with zero attached hydrogens (tertiary/aromatic N) is 3. The van der Waals surface area contributed by atoms with Crippen LogP contribution in [0.3, 0.4) is 0 Å². The topological polar surface area (TPSA) is 58.4 Å². The fourth-order valence-electron chi connectivity index (χ4n) is 4.02. The van der Waals surface area contributed by atoms with E-state index in [0.29, 0.717) is 6.42 Å². The van der Waals surface area contributed by atoms with Crippen molar-refractivity contribution in [2.24, 2.45) is 0 Å². The van der Waals surface area contributed by atoms with Crippen molar-refractivity contribution in [3.05, 3.63) is 64.6 Å². The molecule has 134 valence electrons. The normalized spacial score (nSPS) is 14.5. The molecule has 5 nitrogen and oxygen atoms in total. The summed E-state index contributed by atoms with van der Waals surface area (Å²) in [6.45, 7) is 4.92. The van der Waals surface area contributed by atoms with Crippen LogP contribution in [0, 0.1) is 6.92 Å². The highest BCUT2D eigenvalue weighted by Crippen LogP contribution is 2.31. The smallest absolute Gasteiger partial charge is 0.354 e. The van der Waals surface area contributed by atoms with Gasteiger partial charge >= 0.3 is 5.97 Å². The van der Waals surface area contributed by atoms with E-state index >= 15 is 0 Å². The molecule has 0 unspecified atom stereocenters. The van der Waals surface area contributed by atoms with Gasteiger partial charge in [-0.05, 0) is 49.7 Å². The second-order valence-electron chi connectivity index (χ2n) is 7.15. The Morgan fingerprint density at radius 3 is 2.96 bits per heavy atom. The van der Waals surface area contributed by atoms with Gasteiger partial charge in [0.05, 0.1) is 0 Å². The third-order valence-corrected chi connectivity index (χ3v) is 5.30. The Morgan fingerprint density at radius 2 is 2.15 bits per heavy atom. The predicted molar refractivity (Wildman–Crippen MR) is 102 cm³/mol. The number of aromatic carboxylic acids is 1. The van der Waals surface area contributed by atoms with Crippen molar-refractivity contribution in [3.63, 3.8) is 0 Å². The number of aryl methyl sites for hydroxylation is 3. The van der Waals surface area contributed by atoms with E-state index in [1.165, 1.54) is 27.7 Å². The highest BCUT2D eigenvalue weighted by Gasteiger charge is 2.22. The fourth-order valence-corrected chi connectivity index (χ4v) is 4.02. The van der Waals surface area contributed by atoms with Gasteiger partial charge in [0, 0.05) is 48.8 Å². The van der Waals surface area contributed by atoms with E-state index in [2.05, 4.69) is 46.6 Å². The molecule has 0 radical (unpaired) electrons. The van der Waals surface area contributed by atoms with Crippen LogP contribution < -0.4 is 0 Å². The Morgan fingerprint density at radius 1 is 1.31 bits per heavy atom. The molecule has 0 bridgehead atoms. The van der Waals surface area contributed by atoms with Crippen molar-refractivity contribution in [1.82, 2.24) is 14.5 Å². The molecule has 1 aliphatic heterocycles. The summed E-state index contributed by atoms with van der Waals surface area (Å²) in [6, 6.07) is 10.3. The van der Waals surface area contributed by atoms with Crippen LogP contribution >= 0.6 is 0 Å². The summed E-state index contributed by atoms with van der Waals surface area (Å²) in [5, 5.41) is 10.7. The minimum Gasteiger partial charge on any atom is -0.477 e. The summed E-state index contributed by atoms with van der Waals surface area (Å²) < 4.78 is 2.38. The van der Waals surface area contributed by atoms with Gasteiger partial charge in [-0.1, -0.05) is 17.7 Å². The molecule has 0 saturated carbocycles. The standard InChI is InChI=1S/C21H23N3O2/c1-14-5-6-18-16(12-14)17-13-23(2)10-8-19(17)24(18)11-7-15-4-3-9-22-20(15)21(25)26/h3-6,9,12H,7-8,10-11,13H2,1-2H3,(H,25,26). The van der Waals surface area contributed by atoms with Gasteiger partial charge in [0.1, 0.15) is 0 Å². The molecule has 3 heterocycles. The summed E-state index contributed by atoms with van der Waals surface area (Å²) in [5.74, 6) is -0.961. The second-order valence-corrected chi connectivity index (χ2v) is 7.15. The summed E-state index contributed by atoms with van der Waals surface area (Å²) in [6.07, 6.45) is 3.23. The molecule has 1 aromatic carbocycles. The molecule has 2 aromatic heterocycles. The average molecular weight is 349 g/mol. The molecule has 0 fully saturated rings. The Kier molecular flexibility index (Phi) is 4.24. The largest absolute Gasteiger partial charge is 0.477 e. The van der Waals surface area contributed by atoms with Gasteiger partial charge in [-0.3, -0.25) is 0 Å². The monoisotopic (exact) mass is 349 g/mol. The number of carbonyl (C=O) groups is 1. The molecular weight excluding hydrogens is 326 g/mol. The lowest BCUT2D eigenvalue weighted by atomic mass is 10.0. The molecule has 0 saturated heterocycles. The van der Waals surface area contributed by atoms with E-state index in [4.69, 9.17) is 0 Å². The Labute approximate surface area is 152 Å². The predicted octanol–water partition coefficient (Wildman–Crippen LogP) is 3.27. The zero-order valence-electron chi connectivity index (χ0n) is 15.2. The highest BCUT2D eigenvalue weighted by molar-refractivity contribution is 5.87. The van der Waals surface area contributed by atoms with Crippen LogP contribution in [0.1, 0.15) is 32.9 Å². The maximum Gasteiger partial charge on any atom is 0.354 e. The first-order valence-electron chi connectivity index (χ1n) is 9.01. The van der Waals surface area contributed by atoms with Crippen molar-refractivity contribution in [3.8, 4) is 0 Å². The van der Waals surface area contributed by atoms with Crippen LogP contribution in [0.5, 0.6) is 0 Å². The summed E-state index contributed by atoms with van der Waals surface area (Å²) in [7, 11) is 2.16. The van der Waals surface area contributed by atoms with E-state index in [1.807, 2.05) is 12.1 Å². The van der Waals surface area contributed by atoms with Crippen LogP contribution in [0.25, 0.3) is 10.9 Å². The summed E-state index contributed by atoms with van der Waals surface area (Å²) in [4.78, 5) is 17.8. The quantitative estimate of drug-likeness (QED) is 0.785. The number of hydrogen-bond acceptors (Lipinski definition) is 3. The summed E-state index contributed by atoms with van der Waals surface area (Å²) in [5.41, 5.74) is 6.28. The number of carboxylic acid groups (broad SMARTS) is 1. The van der Waals surface area contributed by atoms with Crippen LogP contribution in [-0.2, 0) is 25.9 Å². The molecule has 1 N–H and O–H groups in total. The van der Waals surface area contributed by atoms with E-state index in [0.717, 1.165) is 31.6 Å². The van der Waals surface area contributed by atoms with Crippen LogP contribution in [0.2, 0.25) is 0 Å². The zero-order valence-corrected chi connectivity index (χ0v) is 15.2. The van der Waals surface area contributed by atoms with Gasteiger partial charge in [-0.15, -0.1) is 0 Å². The van der Waals surface area contributed by atoms with Crippen LogP contribution in [0.15, 0.2) is 36.5 Å². The van der Waals surface area contributed by atoms with Gasteiger partial charge < -0.3 is 14.6 Å². The van der Waals surface area contributed by atoms with Crippen molar-refractivity contribution < 1.29 is 9.90 Å². The first kappa shape index (κ1) is 16.8. The molecule has 4 rings (SSSR count). The molecular formula is C21H23N3O2. The van der Waals surface area contributed by atoms with E-state index in [9.17, 15) is 9.90 Å². The number of carboxylic acids is 1.